The van der Waals surface area contributed by atoms with Crippen LogP contribution in [0.4, 0.5) is 0 Å². The summed E-state index contributed by atoms with van der Waals surface area (Å²) in [5.74, 6) is 0. The first-order chi connectivity index (χ1) is 4.97. The van der Waals surface area contributed by atoms with Crippen molar-refractivity contribution < 1.29 is 0 Å². The van der Waals surface area contributed by atoms with Gasteiger partial charge in [0.1, 0.15) is 0 Å². The van der Waals surface area contributed by atoms with Crippen molar-refractivity contribution in [1.29, 1.82) is 0 Å². The van der Waals surface area contributed by atoms with E-state index >= 15 is 0 Å². The second kappa shape index (κ2) is 2.06. The molecule has 0 aromatic rings. The van der Waals surface area contributed by atoms with Gasteiger partial charge < -0.3 is 5.43 Å². The van der Waals surface area contributed by atoms with Crippen molar-refractivity contribution in [1.82, 2.24) is 10.4 Å². The maximum Gasteiger partial charge on any atom is 0.0638 e. The Balaban J connectivity index is 2.36. The fraction of sp³-hybridized carbons (Fsp3) is 0. The molecule has 0 unspecified atom stereocenters. The predicted molar refractivity (Wildman–Crippen MR) is 40.5 cm³/mol. The van der Waals surface area contributed by atoms with E-state index in [1.807, 2.05) is 41.7 Å². The lowest BCUT2D eigenvalue weighted by Gasteiger charge is -2.13. The van der Waals surface area contributed by atoms with Crippen LogP contribution in [-0.4, -0.2) is 5.01 Å². The van der Waals surface area contributed by atoms with Crippen LogP contribution < -0.4 is 5.43 Å². The molecule has 2 aliphatic rings. The van der Waals surface area contributed by atoms with Crippen molar-refractivity contribution in [3.8, 4) is 0 Å². The van der Waals surface area contributed by atoms with Crippen molar-refractivity contribution >= 4 is 0 Å². The highest BCUT2D eigenvalue weighted by molar-refractivity contribution is 5.31. The number of fused-ring (bicyclic) bond motifs is 1. The first-order valence-electron chi connectivity index (χ1n) is 3.24. The fourth-order valence-corrected chi connectivity index (χ4v) is 0.977. The molecule has 0 aromatic carbocycles. The zero-order valence-corrected chi connectivity index (χ0v) is 5.49. The Morgan fingerprint density at radius 3 is 3.20 bits per heavy atom. The van der Waals surface area contributed by atoms with Crippen LogP contribution in [0.25, 0.3) is 0 Å². The molecule has 0 aromatic heterocycles. The molecule has 0 saturated carbocycles. The normalized spacial score (nSPS) is 20.0. The molecule has 0 spiro atoms. The summed E-state index contributed by atoms with van der Waals surface area (Å²) in [5.41, 5.74) is 4.23. The molecule has 1 N–H and O–H groups in total. The number of allylic oxidation sites excluding steroid dienone is 5. The van der Waals surface area contributed by atoms with Gasteiger partial charge in [-0.15, -0.1) is 0 Å². The Kier molecular flexibility index (Phi) is 1.10. The lowest BCUT2D eigenvalue weighted by Crippen LogP contribution is -2.21. The van der Waals surface area contributed by atoms with Crippen LogP contribution in [0.3, 0.4) is 0 Å². The second-order valence-corrected chi connectivity index (χ2v) is 2.15. The largest absolute Gasteiger partial charge is 0.302 e. The Hall–Kier alpha value is -1.44. The van der Waals surface area contributed by atoms with Gasteiger partial charge in [-0.2, -0.15) is 0 Å². The summed E-state index contributed by atoms with van der Waals surface area (Å²) in [7, 11) is 0. The van der Waals surface area contributed by atoms with Crippen molar-refractivity contribution in [3.05, 3.63) is 48.5 Å². The number of rotatable bonds is 0. The molecule has 2 rings (SSSR count). The predicted octanol–water partition coefficient (Wildman–Crippen LogP) is 1.29. The molecule has 0 bridgehead atoms. The van der Waals surface area contributed by atoms with E-state index in [1.165, 1.54) is 5.70 Å². The SMILES string of the molecule is C1=CC=C2C=CNN2C=C1. The van der Waals surface area contributed by atoms with Crippen LogP contribution in [-0.2, 0) is 0 Å². The Bertz CT molecular complexity index is 246. The maximum atomic E-state index is 3.06. The third kappa shape index (κ3) is 0.739. The number of hydrazine groups is 1. The first-order valence-corrected chi connectivity index (χ1v) is 3.24. The highest BCUT2D eigenvalue weighted by atomic mass is 15.5. The number of hydrogen-bond acceptors (Lipinski definition) is 2. The van der Waals surface area contributed by atoms with E-state index in [1.54, 1.807) is 0 Å². The summed E-state index contributed by atoms with van der Waals surface area (Å²) in [6.45, 7) is 0. The van der Waals surface area contributed by atoms with Gasteiger partial charge in [0.25, 0.3) is 0 Å². The van der Waals surface area contributed by atoms with Gasteiger partial charge in [0.15, 0.2) is 0 Å². The molecular formula is C8H8N2. The Morgan fingerprint density at radius 2 is 2.20 bits per heavy atom. The molecule has 0 amide bonds. The molecule has 0 fully saturated rings. The summed E-state index contributed by atoms with van der Waals surface area (Å²) >= 11 is 0. The van der Waals surface area contributed by atoms with E-state index in [4.69, 9.17) is 0 Å². The van der Waals surface area contributed by atoms with Gasteiger partial charge >= 0.3 is 0 Å². The van der Waals surface area contributed by atoms with Crippen LogP contribution in [0.2, 0.25) is 0 Å². The lowest BCUT2D eigenvalue weighted by molar-refractivity contribution is 0.432. The summed E-state index contributed by atoms with van der Waals surface area (Å²) in [5, 5.41) is 1.96. The van der Waals surface area contributed by atoms with E-state index in [9.17, 15) is 0 Å². The molecule has 0 atom stereocenters. The zero-order valence-electron chi connectivity index (χ0n) is 5.49. The van der Waals surface area contributed by atoms with Crippen molar-refractivity contribution in [2.75, 3.05) is 0 Å². The topological polar surface area (TPSA) is 15.3 Å². The van der Waals surface area contributed by atoms with Crippen molar-refractivity contribution in [2.24, 2.45) is 0 Å². The molecular weight excluding hydrogens is 124 g/mol. The van der Waals surface area contributed by atoms with Gasteiger partial charge in [-0.25, -0.2) is 0 Å². The van der Waals surface area contributed by atoms with E-state index in [2.05, 4.69) is 11.5 Å². The Labute approximate surface area is 59.8 Å². The van der Waals surface area contributed by atoms with Crippen LogP contribution in [0.1, 0.15) is 0 Å². The minimum Gasteiger partial charge on any atom is -0.302 e. The minimum absolute atomic E-state index is 1.17. The summed E-state index contributed by atoms with van der Waals surface area (Å²) in [6, 6.07) is 0. The standard InChI is InChI=1S/C8H8N2/c1-2-4-8-5-6-9-10(8)7-3-1/h1-7,9H. The highest BCUT2D eigenvalue weighted by Gasteiger charge is 2.06. The van der Waals surface area contributed by atoms with Gasteiger partial charge in [-0.1, -0.05) is 12.2 Å². The zero-order chi connectivity index (χ0) is 6.81. The van der Waals surface area contributed by atoms with Crippen molar-refractivity contribution in [3.63, 3.8) is 0 Å². The molecule has 0 radical (unpaired) electrons. The number of nitrogens with zero attached hydrogens (tertiary/aromatic N) is 1. The molecule has 50 valence electrons. The molecule has 10 heavy (non-hydrogen) atoms. The molecule has 0 aliphatic carbocycles. The quantitative estimate of drug-likeness (QED) is 0.534. The van der Waals surface area contributed by atoms with E-state index < -0.39 is 0 Å². The van der Waals surface area contributed by atoms with Crippen molar-refractivity contribution in [2.45, 2.75) is 0 Å². The molecule has 2 heteroatoms. The summed E-state index contributed by atoms with van der Waals surface area (Å²) in [6.07, 6.45) is 14.0. The average Bonchev–Trinajstić information content (AvgIpc) is 2.28. The van der Waals surface area contributed by atoms with Crippen LogP contribution >= 0.6 is 0 Å². The first kappa shape index (κ1) is 5.35. The van der Waals surface area contributed by atoms with Gasteiger partial charge in [0, 0.05) is 12.4 Å². The Morgan fingerprint density at radius 1 is 1.20 bits per heavy atom. The molecule has 2 aliphatic heterocycles. The third-order valence-corrected chi connectivity index (χ3v) is 1.47. The van der Waals surface area contributed by atoms with Gasteiger partial charge in [0.05, 0.1) is 5.70 Å². The van der Waals surface area contributed by atoms with E-state index in [0.717, 1.165) is 0 Å². The van der Waals surface area contributed by atoms with Gasteiger partial charge in [-0.05, 0) is 18.2 Å². The van der Waals surface area contributed by atoms with Crippen LogP contribution in [0.15, 0.2) is 48.5 Å². The second-order valence-electron chi connectivity index (χ2n) is 2.15. The molecule has 2 nitrogen and oxygen atoms in total. The molecule has 0 saturated heterocycles. The van der Waals surface area contributed by atoms with Gasteiger partial charge in [0.2, 0.25) is 0 Å². The minimum atomic E-state index is 1.17. The molecule has 2 heterocycles. The summed E-state index contributed by atoms with van der Waals surface area (Å²) < 4.78 is 0. The summed E-state index contributed by atoms with van der Waals surface area (Å²) in [4.78, 5) is 0. The van der Waals surface area contributed by atoms with Crippen LogP contribution in [0.5, 0.6) is 0 Å². The number of hydrogen-bond donors (Lipinski definition) is 1. The van der Waals surface area contributed by atoms with Gasteiger partial charge in [-0.3, -0.25) is 5.01 Å². The average molecular weight is 132 g/mol. The number of nitrogens with one attached hydrogen (secondary N) is 1. The lowest BCUT2D eigenvalue weighted by atomic mass is 10.4. The van der Waals surface area contributed by atoms with Crippen LogP contribution in [0, 0.1) is 0 Å². The third-order valence-electron chi connectivity index (χ3n) is 1.47. The highest BCUT2D eigenvalue weighted by Crippen LogP contribution is 2.11. The fourth-order valence-electron chi connectivity index (χ4n) is 0.977. The monoisotopic (exact) mass is 132 g/mol. The smallest absolute Gasteiger partial charge is 0.0638 e. The van der Waals surface area contributed by atoms with E-state index in [-0.39, 0.29) is 0 Å². The maximum absolute atomic E-state index is 3.06. The van der Waals surface area contributed by atoms with E-state index in [0.29, 0.717) is 0 Å².